The fourth-order valence-corrected chi connectivity index (χ4v) is 5.48. The smallest absolute Gasteiger partial charge is 0.352 e. The molecule has 0 spiro atoms. The minimum absolute atomic E-state index is 0.0206. The number of benzene rings is 2. The number of fused-ring (bicyclic) bond motifs is 4. The van der Waals surface area contributed by atoms with Crippen LogP contribution in [-0.4, -0.2) is 38.8 Å². The maximum atomic E-state index is 12.5. The molecule has 2 aromatic heterocycles. The highest BCUT2D eigenvalue weighted by atomic mass is 31.1. The second kappa shape index (κ2) is 8.85. The van der Waals surface area contributed by atoms with E-state index in [9.17, 15) is 9.36 Å². The Hall–Kier alpha value is -3.23. The summed E-state index contributed by atoms with van der Waals surface area (Å²) in [4.78, 5) is 22.7. The summed E-state index contributed by atoms with van der Waals surface area (Å²) < 4.78 is 31.4. The first-order valence-electron chi connectivity index (χ1n) is 11.2. The molecule has 2 aliphatic rings. The van der Waals surface area contributed by atoms with Crippen molar-refractivity contribution in [3.8, 4) is 11.1 Å². The summed E-state index contributed by atoms with van der Waals surface area (Å²) in [5.74, 6) is 0.0206. The number of nitrogens with one attached hydrogen (secondary N) is 1. The first kappa shape index (κ1) is 21.3. The number of aromatic nitrogens is 4. The number of hydrogen-bond donors (Lipinski definition) is 1. The number of nitrogens with zero attached hydrogens (tertiary/aromatic N) is 3. The Balaban J connectivity index is 1.05. The lowest BCUT2D eigenvalue weighted by Crippen LogP contribution is -2.16. The molecule has 3 atom stereocenters. The van der Waals surface area contributed by atoms with Gasteiger partial charge in [0.2, 0.25) is 0 Å². The second-order valence-corrected chi connectivity index (χ2v) is 9.35. The summed E-state index contributed by atoms with van der Waals surface area (Å²) >= 11 is 0. The summed E-state index contributed by atoms with van der Waals surface area (Å²) in [6.45, 7) is 0.433. The fourth-order valence-electron chi connectivity index (χ4n) is 4.84. The average Bonchev–Trinajstić information content (AvgIpc) is 3.58. The highest BCUT2D eigenvalue weighted by molar-refractivity contribution is 7.33. The van der Waals surface area contributed by atoms with Crippen molar-refractivity contribution in [3.63, 3.8) is 0 Å². The van der Waals surface area contributed by atoms with Crippen LogP contribution < -0.4 is 5.56 Å². The third-order valence-electron chi connectivity index (χ3n) is 6.44. The Kier molecular flexibility index (Phi) is 5.55. The molecule has 34 heavy (non-hydrogen) atoms. The van der Waals surface area contributed by atoms with Crippen molar-refractivity contribution in [2.24, 2.45) is 0 Å². The molecule has 0 amide bonds. The van der Waals surface area contributed by atoms with Gasteiger partial charge in [0.1, 0.15) is 19.4 Å². The normalized spacial score (nSPS) is 19.9. The molecule has 2 aromatic carbocycles. The van der Waals surface area contributed by atoms with Gasteiger partial charge in [0.25, 0.3) is 5.56 Å². The van der Waals surface area contributed by atoms with Crippen LogP contribution in [-0.2, 0) is 18.3 Å². The number of H-pyrrole nitrogens is 1. The molecule has 3 heterocycles. The fraction of sp³-hybridized carbons (Fsp3) is 0.292. The molecule has 1 fully saturated rings. The lowest BCUT2D eigenvalue weighted by molar-refractivity contribution is -0.0171. The van der Waals surface area contributed by atoms with Gasteiger partial charge in [-0.3, -0.25) is 9.36 Å². The highest BCUT2D eigenvalue weighted by Crippen LogP contribution is 2.45. The van der Waals surface area contributed by atoms with E-state index in [1.165, 1.54) is 28.6 Å². The van der Waals surface area contributed by atoms with Crippen molar-refractivity contribution in [1.29, 1.82) is 0 Å². The van der Waals surface area contributed by atoms with Crippen molar-refractivity contribution in [2.75, 3.05) is 13.2 Å². The van der Waals surface area contributed by atoms with Crippen LogP contribution in [0, 0.1) is 0 Å². The maximum absolute atomic E-state index is 12.5. The second-order valence-electron chi connectivity index (χ2n) is 8.39. The van der Waals surface area contributed by atoms with E-state index in [4.69, 9.17) is 13.8 Å². The molecule has 1 aliphatic heterocycles. The number of ether oxygens (including phenoxy) is 1. The maximum Gasteiger partial charge on any atom is 0.697 e. The van der Waals surface area contributed by atoms with Crippen LogP contribution in [0.1, 0.15) is 36.1 Å². The molecule has 172 valence electrons. The average molecular weight is 477 g/mol. The quantitative estimate of drug-likeness (QED) is 0.395. The van der Waals surface area contributed by atoms with Crippen molar-refractivity contribution in [3.05, 3.63) is 82.7 Å². The third kappa shape index (κ3) is 3.76. The SMILES string of the molecule is O=c1[nH]cnc2c1ncn2[C@H]1CC[C@@H](CO[P+](=O)OCC2c3ccccc3-c3ccccc32)O1. The van der Waals surface area contributed by atoms with Gasteiger partial charge in [0, 0.05) is 10.5 Å². The molecular weight excluding hydrogens is 455 g/mol. The molecule has 1 aliphatic carbocycles. The molecule has 6 rings (SSSR count). The highest BCUT2D eigenvalue weighted by Gasteiger charge is 2.35. The molecular formula is C24H22N4O5P+. The molecule has 0 saturated carbocycles. The Morgan fingerprint density at radius 1 is 1.00 bits per heavy atom. The van der Waals surface area contributed by atoms with E-state index in [0.717, 1.165) is 6.42 Å². The molecule has 1 N–H and O–H groups in total. The molecule has 0 radical (unpaired) electrons. The standard InChI is InChI=1S/C24H21N4O5P/c29-24-22-23(25-13-26-24)28(14-27-22)21-10-9-15(33-21)11-31-34(30)32-12-20-18-7-3-1-5-16(18)17-6-2-4-8-19(17)20/h1-8,13-15,20-21H,9-12H2/p+1/t15-,21+/m0/s1. The van der Waals surface area contributed by atoms with Crippen LogP contribution >= 0.6 is 8.25 Å². The van der Waals surface area contributed by atoms with Crippen LogP contribution in [0.3, 0.4) is 0 Å². The third-order valence-corrected chi connectivity index (χ3v) is 7.16. The largest absolute Gasteiger partial charge is 0.697 e. The summed E-state index contributed by atoms with van der Waals surface area (Å²) in [6, 6.07) is 16.5. The minimum Gasteiger partial charge on any atom is -0.352 e. The zero-order chi connectivity index (χ0) is 23.1. The number of hydrogen-bond acceptors (Lipinski definition) is 7. The van der Waals surface area contributed by atoms with E-state index >= 15 is 0 Å². The van der Waals surface area contributed by atoms with Crippen molar-refractivity contribution in [1.82, 2.24) is 19.5 Å². The Labute approximate surface area is 195 Å². The van der Waals surface area contributed by atoms with Crippen LogP contribution in [0.15, 0.2) is 66.0 Å². The lowest BCUT2D eigenvalue weighted by Gasteiger charge is -2.13. The molecule has 10 heteroatoms. The molecule has 4 aromatic rings. The van der Waals surface area contributed by atoms with Crippen molar-refractivity contribution in [2.45, 2.75) is 31.1 Å². The summed E-state index contributed by atoms with van der Waals surface area (Å²) in [6.07, 6.45) is 3.79. The van der Waals surface area contributed by atoms with Gasteiger partial charge < -0.3 is 9.72 Å². The van der Waals surface area contributed by atoms with Gasteiger partial charge in [-0.25, -0.2) is 9.97 Å². The first-order valence-corrected chi connectivity index (χ1v) is 12.3. The summed E-state index contributed by atoms with van der Waals surface area (Å²) in [7, 11) is -2.29. The van der Waals surface area contributed by atoms with Crippen molar-refractivity contribution < 1.29 is 18.3 Å². The van der Waals surface area contributed by atoms with Crippen molar-refractivity contribution >= 4 is 19.4 Å². The minimum atomic E-state index is -2.29. The predicted molar refractivity (Wildman–Crippen MR) is 125 cm³/mol. The Morgan fingerprint density at radius 2 is 1.71 bits per heavy atom. The van der Waals surface area contributed by atoms with Gasteiger partial charge in [-0.2, -0.15) is 0 Å². The van der Waals surface area contributed by atoms with E-state index < -0.39 is 8.25 Å². The van der Waals surface area contributed by atoms with Gasteiger partial charge in [-0.1, -0.05) is 48.5 Å². The van der Waals surface area contributed by atoms with Gasteiger partial charge in [-0.15, -0.1) is 9.05 Å². The lowest BCUT2D eigenvalue weighted by atomic mass is 9.98. The number of imidazole rings is 1. The first-order chi connectivity index (χ1) is 16.7. The van der Waals surface area contributed by atoms with Crippen LogP contribution in [0.5, 0.6) is 0 Å². The van der Waals surface area contributed by atoms with Gasteiger partial charge in [0.05, 0.1) is 18.8 Å². The van der Waals surface area contributed by atoms with E-state index in [0.29, 0.717) is 12.1 Å². The van der Waals surface area contributed by atoms with Gasteiger partial charge >= 0.3 is 8.25 Å². The molecule has 1 unspecified atom stereocenters. The monoisotopic (exact) mass is 477 g/mol. The van der Waals surface area contributed by atoms with Crippen LogP contribution in [0.4, 0.5) is 0 Å². The number of aromatic amines is 1. The number of rotatable bonds is 7. The van der Waals surface area contributed by atoms with Crippen LogP contribution in [0.2, 0.25) is 0 Å². The predicted octanol–water partition coefficient (Wildman–Crippen LogP) is 4.30. The van der Waals surface area contributed by atoms with E-state index in [1.807, 2.05) is 24.3 Å². The van der Waals surface area contributed by atoms with Gasteiger partial charge in [-0.05, 0) is 35.1 Å². The molecule has 1 saturated heterocycles. The molecule has 9 nitrogen and oxygen atoms in total. The van der Waals surface area contributed by atoms with E-state index in [1.54, 1.807) is 10.9 Å². The summed E-state index contributed by atoms with van der Waals surface area (Å²) in [5.41, 5.74) is 5.19. The van der Waals surface area contributed by atoms with Crippen LogP contribution in [0.25, 0.3) is 22.3 Å². The van der Waals surface area contributed by atoms with E-state index in [-0.39, 0.29) is 42.5 Å². The zero-order valence-corrected chi connectivity index (χ0v) is 19.1. The van der Waals surface area contributed by atoms with E-state index in [2.05, 4.69) is 39.2 Å². The Bertz CT molecular complexity index is 1390. The topological polar surface area (TPSA) is 108 Å². The van der Waals surface area contributed by atoms with Gasteiger partial charge in [0.15, 0.2) is 11.2 Å². The molecule has 0 bridgehead atoms. The zero-order valence-electron chi connectivity index (χ0n) is 18.2. The Morgan fingerprint density at radius 3 is 2.47 bits per heavy atom. The summed E-state index contributed by atoms with van der Waals surface area (Å²) in [5, 5.41) is 0.